The molecular weight excluding hydrogens is 312 g/mol. The van der Waals surface area contributed by atoms with Gasteiger partial charge in [-0.2, -0.15) is 0 Å². The Morgan fingerprint density at radius 1 is 1.20 bits per heavy atom. The molecule has 0 radical (unpaired) electrons. The van der Waals surface area contributed by atoms with Gasteiger partial charge in [0.1, 0.15) is 5.75 Å². The molecule has 1 N–H and O–H groups in total. The van der Waals surface area contributed by atoms with Crippen molar-refractivity contribution >= 4 is 16.7 Å². The number of Topliss-reactive ketones (excluding diaryl/α,β-unsaturated/α-hetero) is 1. The lowest BCUT2D eigenvalue weighted by Crippen LogP contribution is -2.35. The number of carbonyl (C=O) groups excluding carboxylic acids is 1. The molecule has 4 heteroatoms. The molecule has 0 aliphatic carbocycles. The summed E-state index contributed by atoms with van der Waals surface area (Å²) in [5, 5.41) is 0.992. The topological polar surface area (TPSA) is 45.3 Å². The quantitative estimate of drug-likeness (QED) is 0.687. The van der Waals surface area contributed by atoms with E-state index in [1.807, 2.05) is 69.4 Å². The Hall–Kier alpha value is -2.59. The zero-order chi connectivity index (χ0) is 18.0. The van der Waals surface area contributed by atoms with E-state index in [-0.39, 0.29) is 11.8 Å². The Bertz CT molecular complexity index is 898. The molecule has 130 valence electrons. The normalized spacial score (nSPS) is 12.5. The molecule has 25 heavy (non-hydrogen) atoms. The molecule has 1 atom stereocenters. The van der Waals surface area contributed by atoms with Gasteiger partial charge in [0.25, 0.3) is 0 Å². The lowest BCUT2D eigenvalue weighted by Gasteiger charge is -2.24. The van der Waals surface area contributed by atoms with E-state index in [2.05, 4.69) is 9.88 Å². The molecule has 3 rings (SSSR count). The van der Waals surface area contributed by atoms with Gasteiger partial charge < -0.3 is 9.72 Å². The third-order valence-electron chi connectivity index (χ3n) is 4.75. The number of likely N-dealkylation sites (N-methyl/N-ethyl adjacent to an activating group) is 1. The van der Waals surface area contributed by atoms with Crippen molar-refractivity contribution in [3.05, 3.63) is 65.4 Å². The number of H-pyrrole nitrogens is 1. The zero-order valence-corrected chi connectivity index (χ0v) is 15.2. The number of ether oxygens (including phenoxy) is 1. The van der Waals surface area contributed by atoms with Gasteiger partial charge in [-0.1, -0.05) is 30.3 Å². The Labute approximate surface area is 148 Å². The summed E-state index contributed by atoms with van der Waals surface area (Å²) in [4.78, 5) is 18.5. The van der Waals surface area contributed by atoms with Crippen molar-refractivity contribution < 1.29 is 9.53 Å². The monoisotopic (exact) mass is 336 g/mol. The van der Waals surface area contributed by atoms with Gasteiger partial charge in [0.05, 0.1) is 13.2 Å². The number of ketones is 1. The highest BCUT2D eigenvalue weighted by Gasteiger charge is 2.24. The SMILES string of the molecule is COc1cccc(CN(C)[C@@H](C)C(=O)c2c(C)[nH]c3ccccc23)c1. The molecule has 0 saturated carbocycles. The van der Waals surface area contributed by atoms with Gasteiger partial charge in [-0.05, 0) is 44.7 Å². The predicted molar refractivity (Wildman–Crippen MR) is 101 cm³/mol. The number of carbonyl (C=O) groups is 1. The standard InChI is InChI=1S/C21H24N2O2/c1-14-20(18-10-5-6-11-19(18)22-14)21(24)15(2)23(3)13-16-8-7-9-17(12-16)25-4/h5-12,15,22H,13H2,1-4H3/t15-/m0/s1. The first-order valence-corrected chi connectivity index (χ1v) is 8.46. The Balaban J connectivity index is 1.82. The fourth-order valence-corrected chi connectivity index (χ4v) is 3.20. The third kappa shape index (κ3) is 3.44. The van der Waals surface area contributed by atoms with Crippen LogP contribution in [0.3, 0.4) is 0 Å². The van der Waals surface area contributed by atoms with Crippen molar-refractivity contribution in [3.8, 4) is 5.75 Å². The van der Waals surface area contributed by atoms with Crippen LogP contribution in [0.5, 0.6) is 5.75 Å². The van der Waals surface area contributed by atoms with Crippen LogP contribution in [-0.2, 0) is 6.54 Å². The average Bonchev–Trinajstić information content (AvgIpc) is 2.96. The number of fused-ring (bicyclic) bond motifs is 1. The van der Waals surface area contributed by atoms with E-state index >= 15 is 0 Å². The van der Waals surface area contributed by atoms with E-state index in [1.54, 1.807) is 7.11 Å². The first-order chi connectivity index (χ1) is 12.0. The third-order valence-corrected chi connectivity index (χ3v) is 4.75. The van der Waals surface area contributed by atoms with E-state index in [9.17, 15) is 4.79 Å². The number of aryl methyl sites for hydroxylation is 1. The summed E-state index contributed by atoms with van der Waals surface area (Å²) in [6.45, 7) is 4.61. The Kier molecular flexibility index (Phi) is 4.91. The van der Waals surface area contributed by atoms with E-state index in [0.29, 0.717) is 6.54 Å². The molecule has 0 fully saturated rings. The minimum absolute atomic E-state index is 0.139. The number of para-hydroxylation sites is 1. The lowest BCUT2D eigenvalue weighted by atomic mass is 10.0. The molecule has 2 aromatic carbocycles. The predicted octanol–water partition coefficient (Wildman–Crippen LogP) is 4.19. The molecule has 3 aromatic rings. The van der Waals surface area contributed by atoms with E-state index < -0.39 is 0 Å². The molecule has 0 amide bonds. The number of hydrogen-bond acceptors (Lipinski definition) is 3. The molecule has 0 spiro atoms. The molecule has 1 aromatic heterocycles. The van der Waals surface area contributed by atoms with Crippen LogP contribution in [0.2, 0.25) is 0 Å². The first-order valence-electron chi connectivity index (χ1n) is 8.46. The minimum atomic E-state index is -0.218. The molecular formula is C21H24N2O2. The van der Waals surface area contributed by atoms with Gasteiger partial charge in [0.15, 0.2) is 5.78 Å². The summed E-state index contributed by atoms with van der Waals surface area (Å²) in [5.74, 6) is 0.970. The summed E-state index contributed by atoms with van der Waals surface area (Å²) in [7, 11) is 3.64. The smallest absolute Gasteiger partial charge is 0.182 e. The molecule has 0 aliphatic heterocycles. The maximum atomic E-state index is 13.1. The van der Waals surface area contributed by atoms with Gasteiger partial charge in [-0.25, -0.2) is 0 Å². The lowest BCUT2D eigenvalue weighted by molar-refractivity contribution is 0.0863. The summed E-state index contributed by atoms with van der Waals surface area (Å²) in [6, 6.07) is 15.7. The minimum Gasteiger partial charge on any atom is -0.497 e. The summed E-state index contributed by atoms with van der Waals surface area (Å²) in [5.41, 5.74) is 3.84. The fraction of sp³-hybridized carbons (Fsp3) is 0.286. The summed E-state index contributed by atoms with van der Waals surface area (Å²) >= 11 is 0. The number of aromatic nitrogens is 1. The highest BCUT2D eigenvalue weighted by Crippen LogP contribution is 2.24. The number of methoxy groups -OCH3 is 1. The number of nitrogens with zero attached hydrogens (tertiary/aromatic N) is 1. The van der Waals surface area contributed by atoms with Crippen LogP contribution < -0.4 is 4.74 Å². The molecule has 0 aliphatic rings. The van der Waals surface area contributed by atoms with E-state index in [1.165, 1.54) is 0 Å². The van der Waals surface area contributed by atoms with Crippen LogP contribution in [0.1, 0.15) is 28.5 Å². The van der Waals surface area contributed by atoms with Crippen molar-refractivity contribution in [1.29, 1.82) is 0 Å². The second kappa shape index (κ2) is 7.11. The van der Waals surface area contributed by atoms with Crippen LogP contribution in [-0.4, -0.2) is 35.9 Å². The van der Waals surface area contributed by atoms with Gasteiger partial charge in [-0.15, -0.1) is 0 Å². The van der Waals surface area contributed by atoms with E-state index in [4.69, 9.17) is 4.74 Å². The van der Waals surface area contributed by atoms with Gasteiger partial charge in [0, 0.05) is 28.7 Å². The van der Waals surface area contributed by atoms with Crippen LogP contribution >= 0.6 is 0 Å². The highest BCUT2D eigenvalue weighted by atomic mass is 16.5. The van der Waals surface area contributed by atoms with Crippen LogP contribution in [0, 0.1) is 6.92 Å². The summed E-state index contributed by atoms with van der Waals surface area (Å²) in [6.07, 6.45) is 0. The average molecular weight is 336 g/mol. The number of hydrogen-bond donors (Lipinski definition) is 1. The zero-order valence-electron chi connectivity index (χ0n) is 15.2. The maximum absolute atomic E-state index is 13.1. The van der Waals surface area contributed by atoms with Crippen molar-refractivity contribution in [1.82, 2.24) is 9.88 Å². The maximum Gasteiger partial charge on any atom is 0.182 e. The molecule has 0 unspecified atom stereocenters. The fourth-order valence-electron chi connectivity index (χ4n) is 3.20. The van der Waals surface area contributed by atoms with Gasteiger partial charge in [-0.3, -0.25) is 9.69 Å². The van der Waals surface area contributed by atoms with Crippen LogP contribution in [0.4, 0.5) is 0 Å². The molecule has 0 saturated heterocycles. The number of aromatic amines is 1. The van der Waals surface area contributed by atoms with Gasteiger partial charge >= 0.3 is 0 Å². The van der Waals surface area contributed by atoms with E-state index in [0.717, 1.165) is 33.5 Å². The molecule has 0 bridgehead atoms. The number of rotatable bonds is 6. The second-order valence-electron chi connectivity index (χ2n) is 6.48. The van der Waals surface area contributed by atoms with Crippen LogP contribution in [0.25, 0.3) is 10.9 Å². The second-order valence-corrected chi connectivity index (χ2v) is 6.48. The Morgan fingerprint density at radius 2 is 1.96 bits per heavy atom. The Morgan fingerprint density at radius 3 is 2.72 bits per heavy atom. The van der Waals surface area contributed by atoms with Crippen LogP contribution in [0.15, 0.2) is 48.5 Å². The summed E-state index contributed by atoms with van der Waals surface area (Å²) < 4.78 is 5.28. The largest absolute Gasteiger partial charge is 0.497 e. The molecule has 1 heterocycles. The van der Waals surface area contributed by atoms with Crippen molar-refractivity contribution in [2.45, 2.75) is 26.4 Å². The first kappa shape index (κ1) is 17.2. The van der Waals surface area contributed by atoms with Crippen molar-refractivity contribution in [3.63, 3.8) is 0 Å². The molecule has 4 nitrogen and oxygen atoms in total. The van der Waals surface area contributed by atoms with Crippen molar-refractivity contribution in [2.24, 2.45) is 0 Å². The van der Waals surface area contributed by atoms with Crippen molar-refractivity contribution in [2.75, 3.05) is 14.2 Å². The highest BCUT2D eigenvalue weighted by molar-refractivity contribution is 6.11. The number of benzene rings is 2. The number of nitrogens with one attached hydrogen (secondary N) is 1. The van der Waals surface area contributed by atoms with Gasteiger partial charge in [0.2, 0.25) is 0 Å².